The summed E-state index contributed by atoms with van der Waals surface area (Å²) in [5, 5.41) is 15.3. The van der Waals surface area contributed by atoms with E-state index >= 15 is 0 Å². The Morgan fingerprint density at radius 3 is 2.59 bits per heavy atom. The van der Waals surface area contributed by atoms with Gasteiger partial charge in [0.05, 0.1) is 5.75 Å². The zero-order chi connectivity index (χ0) is 22.9. The fourth-order valence-corrected chi connectivity index (χ4v) is 4.74. The smallest absolute Gasteiger partial charge is 0.261 e. The molecular weight excluding hydrogens is 424 g/mol. The van der Waals surface area contributed by atoms with Crippen molar-refractivity contribution in [2.45, 2.75) is 38.3 Å². The van der Waals surface area contributed by atoms with Crippen LogP contribution in [0.15, 0.2) is 41.2 Å². The Morgan fingerprint density at radius 2 is 1.88 bits per heavy atom. The lowest BCUT2D eigenvalue weighted by molar-refractivity contribution is -0.112. The number of fused-ring (bicyclic) bond motifs is 2. The monoisotopic (exact) mass is 452 g/mol. The first-order valence-corrected chi connectivity index (χ1v) is 11.7. The van der Waals surface area contributed by atoms with Crippen LogP contribution >= 0.6 is 11.8 Å². The van der Waals surface area contributed by atoms with E-state index in [1.807, 2.05) is 33.0 Å². The van der Waals surface area contributed by atoms with Crippen molar-refractivity contribution in [3.8, 4) is 0 Å². The van der Waals surface area contributed by atoms with E-state index in [0.29, 0.717) is 35.9 Å². The summed E-state index contributed by atoms with van der Waals surface area (Å²) in [5.74, 6) is 1.79. The number of hydrogen-bond acceptors (Lipinski definition) is 9. The first-order chi connectivity index (χ1) is 15.4. The molecule has 1 aliphatic rings. The molecule has 0 radical (unpaired) electrons. The van der Waals surface area contributed by atoms with E-state index in [2.05, 4.69) is 61.7 Å². The van der Waals surface area contributed by atoms with Gasteiger partial charge < -0.3 is 15.5 Å². The van der Waals surface area contributed by atoms with Gasteiger partial charge in [0, 0.05) is 43.0 Å². The summed E-state index contributed by atoms with van der Waals surface area (Å²) in [6, 6.07) is 8.27. The lowest BCUT2D eigenvalue weighted by Crippen LogP contribution is -2.24. The van der Waals surface area contributed by atoms with Crippen molar-refractivity contribution < 1.29 is 4.79 Å². The quantitative estimate of drug-likeness (QED) is 0.393. The van der Waals surface area contributed by atoms with Crippen LogP contribution in [0.4, 0.5) is 17.6 Å². The molecule has 0 amide bonds. The van der Waals surface area contributed by atoms with Gasteiger partial charge >= 0.3 is 0 Å². The van der Waals surface area contributed by atoms with Crippen LogP contribution in [0.1, 0.15) is 33.3 Å². The summed E-state index contributed by atoms with van der Waals surface area (Å²) in [4.78, 5) is 23.9. The second kappa shape index (κ2) is 8.78. The summed E-state index contributed by atoms with van der Waals surface area (Å²) in [6.07, 6.45) is 1.75. The van der Waals surface area contributed by atoms with Crippen molar-refractivity contribution in [3.63, 3.8) is 0 Å². The first-order valence-electron chi connectivity index (χ1n) is 10.7. The van der Waals surface area contributed by atoms with E-state index in [1.165, 1.54) is 17.3 Å². The minimum Gasteiger partial charge on any atom is -0.355 e. The molecule has 0 saturated heterocycles. The van der Waals surface area contributed by atoms with Gasteiger partial charge in [0.1, 0.15) is 0 Å². The summed E-state index contributed by atoms with van der Waals surface area (Å²) in [7, 11) is 2.01. The van der Waals surface area contributed by atoms with E-state index in [9.17, 15) is 4.79 Å². The third kappa shape index (κ3) is 3.90. The first kappa shape index (κ1) is 22.1. The normalized spacial score (nSPS) is 15.9. The average molecular weight is 453 g/mol. The van der Waals surface area contributed by atoms with E-state index in [1.54, 1.807) is 10.5 Å². The molecule has 2 aromatic heterocycles. The van der Waals surface area contributed by atoms with E-state index in [-0.39, 0.29) is 17.0 Å². The van der Waals surface area contributed by atoms with Crippen molar-refractivity contribution in [1.82, 2.24) is 24.6 Å². The molecule has 168 valence electrons. The van der Waals surface area contributed by atoms with Crippen molar-refractivity contribution in [2.75, 3.05) is 41.4 Å². The molecule has 0 spiro atoms. The zero-order valence-corrected chi connectivity index (χ0v) is 19.8. The minimum atomic E-state index is -0.234. The number of para-hydroxylation sites is 1. The summed E-state index contributed by atoms with van der Waals surface area (Å²) < 4.78 is 1.75. The van der Waals surface area contributed by atoms with Gasteiger partial charge in [0.15, 0.2) is 10.9 Å². The Balaban J connectivity index is 1.56. The molecule has 3 aromatic rings. The molecule has 0 unspecified atom stereocenters. The third-order valence-corrected chi connectivity index (χ3v) is 6.45. The molecule has 0 saturated carbocycles. The van der Waals surface area contributed by atoms with Gasteiger partial charge in [-0.25, -0.2) is 4.40 Å². The number of carbonyl (C=O) groups is 1. The number of hydrogen-bond donors (Lipinski definition) is 2. The number of nitrogens with zero attached hydrogens (tertiary/aromatic N) is 6. The predicted molar refractivity (Wildman–Crippen MR) is 129 cm³/mol. The van der Waals surface area contributed by atoms with Gasteiger partial charge in [0.2, 0.25) is 11.9 Å². The second-order valence-corrected chi connectivity index (χ2v) is 8.98. The van der Waals surface area contributed by atoms with Gasteiger partial charge in [-0.2, -0.15) is 9.97 Å². The topological polar surface area (TPSA) is 100 Å². The maximum atomic E-state index is 12.9. The maximum Gasteiger partial charge on any atom is 0.261 e. The maximum absolute atomic E-state index is 12.9. The second-order valence-electron chi connectivity index (χ2n) is 8.04. The zero-order valence-electron chi connectivity index (χ0n) is 19.0. The Morgan fingerprint density at radius 1 is 1.12 bits per heavy atom. The van der Waals surface area contributed by atoms with Crippen LogP contribution in [0, 0.1) is 0 Å². The molecule has 10 heteroatoms. The standard InChI is InChI=1S/C22H28N8OS/c1-6-23-18-25-19(24-7-2)30-20(26-18)27-28-21(30)32-13-14(31)12-17-22(3,4)15-10-8-9-11-16(15)29(17)5/h8-12H,6-7,13H2,1-5H3,(H2,23,24,25,26,27). The van der Waals surface area contributed by atoms with Crippen LogP contribution in [0.3, 0.4) is 0 Å². The molecule has 0 aliphatic carbocycles. The van der Waals surface area contributed by atoms with Crippen LogP contribution in [0.25, 0.3) is 5.78 Å². The van der Waals surface area contributed by atoms with Crippen molar-refractivity contribution in [2.24, 2.45) is 0 Å². The molecule has 0 atom stereocenters. The minimum absolute atomic E-state index is 0.0182. The number of anilines is 3. The van der Waals surface area contributed by atoms with Crippen LogP contribution in [0.2, 0.25) is 0 Å². The molecule has 3 heterocycles. The third-order valence-electron chi connectivity index (χ3n) is 5.50. The summed E-state index contributed by atoms with van der Waals surface area (Å²) in [6.45, 7) is 9.66. The molecule has 1 aromatic carbocycles. The van der Waals surface area contributed by atoms with Crippen molar-refractivity contribution in [3.05, 3.63) is 41.6 Å². The molecule has 0 bridgehead atoms. The molecule has 32 heavy (non-hydrogen) atoms. The van der Waals surface area contributed by atoms with E-state index < -0.39 is 0 Å². The number of likely N-dealkylation sites (N-methyl/N-ethyl adjacent to an activating group) is 1. The summed E-state index contributed by atoms with van der Waals surface area (Å²) in [5.41, 5.74) is 3.11. The molecule has 1 aliphatic heterocycles. The fraction of sp³-hybridized carbons (Fsp3) is 0.409. The van der Waals surface area contributed by atoms with Gasteiger partial charge in [-0.3, -0.25) is 4.79 Å². The van der Waals surface area contributed by atoms with Crippen LogP contribution in [-0.4, -0.2) is 56.2 Å². The Kier molecular flexibility index (Phi) is 6.05. The number of ketones is 1. The molecule has 9 nitrogen and oxygen atoms in total. The summed E-state index contributed by atoms with van der Waals surface area (Å²) >= 11 is 1.33. The number of allylic oxidation sites excluding steroid dienone is 2. The van der Waals surface area contributed by atoms with Crippen molar-refractivity contribution >= 4 is 40.9 Å². The average Bonchev–Trinajstić information content (AvgIpc) is 3.26. The highest BCUT2D eigenvalue weighted by Gasteiger charge is 2.38. The fourth-order valence-electron chi connectivity index (χ4n) is 3.99. The number of nitrogens with one attached hydrogen (secondary N) is 2. The number of aromatic nitrogens is 5. The largest absolute Gasteiger partial charge is 0.355 e. The van der Waals surface area contributed by atoms with Gasteiger partial charge in [-0.1, -0.05) is 43.8 Å². The van der Waals surface area contributed by atoms with E-state index in [4.69, 9.17) is 0 Å². The Bertz CT molecular complexity index is 1190. The SMILES string of the molecule is CCNc1nc(NCC)n2c(SCC(=O)C=C3N(C)c4ccccc4C3(C)C)nnc2n1. The highest BCUT2D eigenvalue weighted by Crippen LogP contribution is 2.46. The number of benzene rings is 1. The Labute approximate surface area is 191 Å². The number of rotatable bonds is 8. The highest BCUT2D eigenvalue weighted by molar-refractivity contribution is 7.99. The Hall–Kier alpha value is -3.14. The number of carbonyl (C=O) groups excluding carboxylic acids is 1. The molecule has 4 rings (SSSR count). The highest BCUT2D eigenvalue weighted by atomic mass is 32.2. The van der Waals surface area contributed by atoms with Crippen LogP contribution in [-0.2, 0) is 10.2 Å². The predicted octanol–water partition coefficient (Wildman–Crippen LogP) is 3.36. The number of thioether (sulfide) groups is 1. The van der Waals surface area contributed by atoms with Gasteiger partial charge in [-0.05, 0) is 25.5 Å². The van der Waals surface area contributed by atoms with Gasteiger partial charge in [0.25, 0.3) is 5.78 Å². The molecule has 0 fully saturated rings. The van der Waals surface area contributed by atoms with Gasteiger partial charge in [-0.15, -0.1) is 10.2 Å². The van der Waals surface area contributed by atoms with Crippen molar-refractivity contribution in [1.29, 1.82) is 0 Å². The lowest BCUT2D eigenvalue weighted by atomic mass is 9.83. The molecule has 2 N–H and O–H groups in total. The lowest BCUT2D eigenvalue weighted by Gasteiger charge is -2.23. The molecular formula is C22H28N8OS. The van der Waals surface area contributed by atoms with Crippen LogP contribution < -0.4 is 15.5 Å². The van der Waals surface area contributed by atoms with E-state index in [0.717, 1.165) is 11.4 Å². The van der Waals surface area contributed by atoms with Crippen LogP contribution in [0.5, 0.6) is 0 Å².